The quantitative estimate of drug-likeness (QED) is 0.866. The van der Waals surface area contributed by atoms with Gasteiger partial charge in [0.1, 0.15) is 0 Å². The van der Waals surface area contributed by atoms with Crippen molar-refractivity contribution in [3.63, 3.8) is 0 Å². The van der Waals surface area contributed by atoms with E-state index in [1.54, 1.807) is 6.07 Å². The maximum atomic E-state index is 13.3. The van der Waals surface area contributed by atoms with Crippen LogP contribution in [0.3, 0.4) is 0 Å². The molecule has 1 aromatic carbocycles. The van der Waals surface area contributed by atoms with E-state index in [2.05, 4.69) is 36.0 Å². The summed E-state index contributed by atoms with van der Waals surface area (Å²) in [7, 11) is 2.15. The second kappa shape index (κ2) is 6.73. The lowest BCUT2D eigenvalue weighted by Gasteiger charge is -2.43. The molecule has 0 amide bonds. The molecule has 1 aliphatic heterocycles. The summed E-state index contributed by atoms with van der Waals surface area (Å²) in [6.07, 6.45) is 0. The molecule has 2 N–H and O–H groups in total. The molecule has 0 spiro atoms. The molecule has 4 nitrogen and oxygen atoms in total. The smallest absolute Gasteiger partial charge is 0.165 e. The molecule has 0 unspecified atom stereocenters. The van der Waals surface area contributed by atoms with Gasteiger partial charge in [0.2, 0.25) is 0 Å². The molecular formula is C16H26FN3O. The third-order valence-electron chi connectivity index (χ3n) is 4.26. The normalized spacial score (nSPS) is 18.1. The molecule has 0 saturated carbocycles. The maximum absolute atomic E-state index is 13.3. The number of aromatic hydroxyl groups is 1. The van der Waals surface area contributed by atoms with Gasteiger partial charge in [-0.2, -0.15) is 0 Å². The van der Waals surface area contributed by atoms with Crippen LogP contribution < -0.4 is 5.32 Å². The van der Waals surface area contributed by atoms with Crippen LogP contribution >= 0.6 is 0 Å². The minimum absolute atomic E-state index is 0.0801. The van der Waals surface area contributed by atoms with Crippen LogP contribution in [-0.4, -0.2) is 60.2 Å². The Labute approximate surface area is 126 Å². The zero-order chi connectivity index (χ0) is 15.5. The molecule has 21 heavy (non-hydrogen) atoms. The summed E-state index contributed by atoms with van der Waals surface area (Å²) in [5.41, 5.74) is 0.927. The van der Waals surface area contributed by atoms with E-state index in [-0.39, 0.29) is 11.3 Å². The molecule has 1 aromatic rings. The molecule has 0 radical (unpaired) electrons. The number of halogens is 1. The predicted molar refractivity (Wildman–Crippen MR) is 82.9 cm³/mol. The molecule has 2 rings (SSSR count). The highest BCUT2D eigenvalue weighted by Gasteiger charge is 2.28. The molecular weight excluding hydrogens is 269 g/mol. The Bertz CT molecular complexity index is 471. The molecule has 0 atom stereocenters. The number of benzene rings is 1. The number of rotatable bonds is 5. The standard InChI is InChI=1S/C16H26FN3O/c1-16(2,20-8-6-19(3)7-9-20)12-18-11-13-4-5-15(21)14(17)10-13/h4-5,10,18,21H,6-9,11-12H2,1-3H3. The molecule has 0 aromatic heterocycles. The summed E-state index contributed by atoms with van der Waals surface area (Å²) in [6, 6.07) is 4.53. The molecule has 0 bridgehead atoms. The van der Waals surface area contributed by atoms with Crippen LogP contribution in [0.2, 0.25) is 0 Å². The Kier molecular flexibility index (Phi) is 5.19. The van der Waals surface area contributed by atoms with Crippen LogP contribution in [0.1, 0.15) is 19.4 Å². The van der Waals surface area contributed by atoms with Crippen molar-refractivity contribution in [2.75, 3.05) is 39.8 Å². The molecule has 118 valence electrons. The fourth-order valence-electron chi connectivity index (χ4n) is 2.70. The number of nitrogens with zero attached hydrogens (tertiary/aromatic N) is 2. The average Bonchev–Trinajstić information content (AvgIpc) is 2.43. The minimum Gasteiger partial charge on any atom is -0.505 e. The number of phenolic OH excluding ortho intramolecular Hbond substituents is 1. The lowest BCUT2D eigenvalue weighted by atomic mass is 10.0. The predicted octanol–water partition coefficient (Wildman–Crippen LogP) is 1.65. The number of phenols is 1. The van der Waals surface area contributed by atoms with Crippen molar-refractivity contribution in [1.82, 2.24) is 15.1 Å². The van der Waals surface area contributed by atoms with Crippen molar-refractivity contribution in [1.29, 1.82) is 0 Å². The van der Waals surface area contributed by atoms with E-state index in [1.165, 1.54) is 12.1 Å². The number of hydrogen-bond donors (Lipinski definition) is 2. The van der Waals surface area contributed by atoms with E-state index in [1.807, 2.05) is 0 Å². The maximum Gasteiger partial charge on any atom is 0.165 e. The Morgan fingerprint density at radius 2 is 1.90 bits per heavy atom. The van der Waals surface area contributed by atoms with Crippen LogP contribution in [0.4, 0.5) is 4.39 Å². The van der Waals surface area contributed by atoms with Crippen molar-refractivity contribution >= 4 is 0 Å². The van der Waals surface area contributed by atoms with Gasteiger partial charge in [-0.05, 0) is 38.6 Å². The number of likely N-dealkylation sites (N-methyl/N-ethyl adjacent to an activating group) is 1. The van der Waals surface area contributed by atoms with E-state index in [9.17, 15) is 9.50 Å². The van der Waals surface area contributed by atoms with Crippen LogP contribution in [-0.2, 0) is 6.54 Å². The third kappa shape index (κ3) is 4.40. The lowest BCUT2D eigenvalue weighted by molar-refractivity contribution is 0.0618. The summed E-state index contributed by atoms with van der Waals surface area (Å²) in [5, 5.41) is 12.6. The van der Waals surface area contributed by atoms with Gasteiger partial charge in [0.25, 0.3) is 0 Å². The van der Waals surface area contributed by atoms with Gasteiger partial charge in [-0.15, -0.1) is 0 Å². The summed E-state index contributed by atoms with van der Waals surface area (Å²) in [4.78, 5) is 4.84. The molecule has 0 aliphatic carbocycles. The zero-order valence-corrected chi connectivity index (χ0v) is 13.2. The SMILES string of the molecule is CN1CCN(C(C)(C)CNCc2ccc(O)c(F)c2)CC1. The first-order valence-corrected chi connectivity index (χ1v) is 7.50. The largest absolute Gasteiger partial charge is 0.505 e. The van der Waals surface area contributed by atoms with Crippen molar-refractivity contribution in [3.05, 3.63) is 29.6 Å². The summed E-state index contributed by atoms with van der Waals surface area (Å²) >= 11 is 0. The van der Waals surface area contributed by atoms with Gasteiger partial charge in [-0.3, -0.25) is 4.90 Å². The fourth-order valence-corrected chi connectivity index (χ4v) is 2.70. The molecule has 1 fully saturated rings. The lowest BCUT2D eigenvalue weighted by Crippen LogP contribution is -2.57. The number of hydrogen-bond acceptors (Lipinski definition) is 4. The first-order chi connectivity index (χ1) is 9.88. The molecule has 1 heterocycles. The fraction of sp³-hybridized carbons (Fsp3) is 0.625. The highest BCUT2D eigenvalue weighted by Crippen LogP contribution is 2.18. The van der Waals surface area contributed by atoms with Crippen LogP contribution in [0.25, 0.3) is 0 Å². The Morgan fingerprint density at radius 3 is 2.52 bits per heavy atom. The zero-order valence-electron chi connectivity index (χ0n) is 13.2. The van der Waals surface area contributed by atoms with Crippen molar-refractivity contribution in [3.8, 4) is 5.75 Å². The Balaban J connectivity index is 1.82. The molecule has 1 saturated heterocycles. The number of nitrogens with one attached hydrogen (secondary N) is 1. The summed E-state index contributed by atoms with van der Waals surface area (Å²) in [6.45, 7) is 10.3. The number of piperazine rings is 1. The van der Waals surface area contributed by atoms with E-state index in [0.29, 0.717) is 6.54 Å². The topological polar surface area (TPSA) is 38.7 Å². The van der Waals surface area contributed by atoms with Crippen LogP contribution in [0, 0.1) is 5.82 Å². The van der Waals surface area contributed by atoms with Gasteiger partial charge in [0.05, 0.1) is 0 Å². The van der Waals surface area contributed by atoms with Gasteiger partial charge in [-0.25, -0.2) is 4.39 Å². The minimum atomic E-state index is -0.562. The van der Waals surface area contributed by atoms with Crippen LogP contribution in [0.5, 0.6) is 5.75 Å². The van der Waals surface area contributed by atoms with E-state index in [0.717, 1.165) is 38.3 Å². The Hall–Kier alpha value is -1.17. The van der Waals surface area contributed by atoms with E-state index in [4.69, 9.17) is 0 Å². The van der Waals surface area contributed by atoms with Gasteiger partial charge in [-0.1, -0.05) is 6.07 Å². The summed E-state index contributed by atoms with van der Waals surface area (Å²) in [5.74, 6) is -0.857. The van der Waals surface area contributed by atoms with Gasteiger partial charge in [0, 0.05) is 44.8 Å². The van der Waals surface area contributed by atoms with Crippen molar-refractivity contribution in [2.24, 2.45) is 0 Å². The average molecular weight is 295 g/mol. The second-order valence-corrected chi connectivity index (χ2v) is 6.49. The highest BCUT2D eigenvalue weighted by molar-refractivity contribution is 5.27. The second-order valence-electron chi connectivity index (χ2n) is 6.49. The first-order valence-electron chi connectivity index (χ1n) is 7.50. The third-order valence-corrected chi connectivity index (χ3v) is 4.26. The molecule has 1 aliphatic rings. The van der Waals surface area contributed by atoms with Gasteiger partial charge in [0.15, 0.2) is 11.6 Å². The summed E-state index contributed by atoms with van der Waals surface area (Å²) < 4.78 is 13.3. The Morgan fingerprint density at radius 1 is 1.24 bits per heavy atom. The highest BCUT2D eigenvalue weighted by atomic mass is 19.1. The monoisotopic (exact) mass is 295 g/mol. The van der Waals surface area contributed by atoms with Crippen molar-refractivity contribution < 1.29 is 9.50 Å². The van der Waals surface area contributed by atoms with Crippen LogP contribution in [0.15, 0.2) is 18.2 Å². The van der Waals surface area contributed by atoms with E-state index < -0.39 is 5.82 Å². The van der Waals surface area contributed by atoms with Gasteiger partial charge >= 0.3 is 0 Å². The first kappa shape index (κ1) is 16.2. The molecule has 5 heteroatoms. The van der Waals surface area contributed by atoms with E-state index >= 15 is 0 Å². The van der Waals surface area contributed by atoms with Crippen molar-refractivity contribution in [2.45, 2.75) is 25.9 Å². The van der Waals surface area contributed by atoms with Gasteiger partial charge < -0.3 is 15.3 Å².